The zero-order valence-electron chi connectivity index (χ0n) is 31.5. The number of rotatable bonds is 7. The Morgan fingerprint density at radius 1 is 1.05 bits per heavy atom. The first-order chi connectivity index (χ1) is 26.2. The van der Waals surface area contributed by atoms with E-state index in [1.165, 1.54) is 11.0 Å². The fourth-order valence-corrected chi connectivity index (χ4v) is 8.94. The van der Waals surface area contributed by atoms with E-state index in [1.54, 1.807) is 0 Å². The van der Waals surface area contributed by atoms with Gasteiger partial charge in [0, 0.05) is 29.4 Å². The third kappa shape index (κ3) is 8.19. The van der Waals surface area contributed by atoms with E-state index in [4.69, 9.17) is 14.5 Å². The van der Waals surface area contributed by atoms with Crippen molar-refractivity contribution in [3.8, 4) is 17.0 Å². The number of hydrogen-bond donors (Lipinski definition) is 3. The number of nitrogens with zero attached hydrogens (tertiary/aromatic N) is 2. The third-order valence-electron chi connectivity index (χ3n) is 11.0. The lowest BCUT2D eigenvalue weighted by molar-refractivity contribution is -0.142. The summed E-state index contributed by atoms with van der Waals surface area (Å²) in [4.78, 5) is 62.0. The van der Waals surface area contributed by atoms with Crippen LogP contribution in [0.15, 0.2) is 67.3 Å². The topological polar surface area (TPSA) is 173 Å². The third-order valence-corrected chi connectivity index (χ3v) is 12.8. The van der Waals surface area contributed by atoms with Crippen LogP contribution in [0.5, 0.6) is 5.75 Å². The molecule has 5 atom stereocenters. The molecule has 2 aromatic carbocycles. The molecular formula is C41H49N5O8S. The van der Waals surface area contributed by atoms with Crippen molar-refractivity contribution in [2.24, 2.45) is 11.3 Å². The molecule has 2 aliphatic carbocycles. The van der Waals surface area contributed by atoms with Crippen molar-refractivity contribution in [3.63, 3.8) is 0 Å². The van der Waals surface area contributed by atoms with Gasteiger partial charge in [-0.2, -0.15) is 0 Å². The SMILES string of the molecule is C=C[C@H]1C[C@]1(NC(=O)[C@@H]1C[C@@H]2CN1C(=O)[C@H](C(C)(C)C)NC(=O)OCCCCCc1ccc3nc(-c4ccccc4)cc(c3c1)O2)C(=O)NS(=O)(=O)C1CC1. The molecule has 3 aromatic rings. The summed E-state index contributed by atoms with van der Waals surface area (Å²) in [6, 6.07) is 15.5. The summed E-state index contributed by atoms with van der Waals surface area (Å²) in [5.41, 5.74) is 1.08. The Morgan fingerprint density at radius 3 is 2.51 bits per heavy atom. The second-order valence-corrected chi connectivity index (χ2v) is 18.2. The first-order valence-electron chi connectivity index (χ1n) is 19.1. The number of sulfonamides is 1. The average molecular weight is 772 g/mol. The maximum atomic E-state index is 14.6. The van der Waals surface area contributed by atoms with Gasteiger partial charge in [0.25, 0.3) is 5.91 Å². The van der Waals surface area contributed by atoms with Crippen molar-refractivity contribution in [3.05, 3.63) is 72.8 Å². The molecule has 4 bridgehead atoms. The fourth-order valence-electron chi connectivity index (χ4n) is 7.57. The van der Waals surface area contributed by atoms with Gasteiger partial charge in [-0.05, 0) is 68.1 Å². The van der Waals surface area contributed by atoms with E-state index in [0.717, 1.165) is 41.3 Å². The summed E-state index contributed by atoms with van der Waals surface area (Å²) >= 11 is 0. The number of hydrogen-bond acceptors (Lipinski definition) is 9. The molecule has 292 valence electrons. The number of carbonyl (C=O) groups is 4. The Balaban J connectivity index is 1.25. The van der Waals surface area contributed by atoms with Gasteiger partial charge in [-0.25, -0.2) is 18.2 Å². The van der Waals surface area contributed by atoms with Crippen molar-refractivity contribution in [2.75, 3.05) is 13.2 Å². The van der Waals surface area contributed by atoms with Crippen LogP contribution in [0.3, 0.4) is 0 Å². The zero-order chi connectivity index (χ0) is 39.1. The standard InChI is InChI=1S/C41H49N5O8S/c1-5-27-23-41(27,38(49)45-55(51,52)29-16-17-29)44-36(47)33-21-28-24-46(33)37(48)35(40(2,3)4)43-39(50)53-19-11-7-8-12-25-15-18-31-30(20-25)34(54-28)22-32(42-31)26-13-9-6-10-14-26/h5-6,9-10,13-15,18,20,22,27-29,33,35H,1,7-8,11-12,16-17,19,21,23-24H2,2-4H3,(H,43,50)(H,44,47)(H,45,49)/t27-,28+,33-,35+,41+/m0/s1. The highest BCUT2D eigenvalue weighted by Crippen LogP contribution is 2.46. The maximum Gasteiger partial charge on any atom is 0.407 e. The Bertz CT molecular complexity index is 2120. The number of nitrogens with one attached hydrogen (secondary N) is 3. The van der Waals surface area contributed by atoms with E-state index < -0.39 is 74.1 Å². The van der Waals surface area contributed by atoms with Crippen LogP contribution in [-0.2, 0) is 35.6 Å². The van der Waals surface area contributed by atoms with E-state index >= 15 is 0 Å². The van der Waals surface area contributed by atoms with Crippen LogP contribution < -0.4 is 20.1 Å². The summed E-state index contributed by atoms with van der Waals surface area (Å²) in [6.07, 6.45) is 4.37. The number of cyclic esters (lactones) is 1. The van der Waals surface area contributed by atoms with Crippen molar-refractivity contribution < 1.29 is 37.1 Å². The van der Waals surface area contributed by atoms with Gasteiger partial charge in [0.2, 0.25) is 21.8 Å². The normalized spacial score (nSPS) is 26.2. The zero-order valence-corrected chi connectivity index (χ0v) is 32.3. The number of fused-ring (bicyclic) bond motifs is 3. The molecule has 0 spiro atoms. The highest BCUT2D eigenvalue weighted by molar-refractivity contribution is 7.91. The highest BCUT2D eigenvalue weighted by atomic mass is 32.2. The molecule has 4 amide bonds. The summed E-state index contributed by atoms with van der Waals surface area (Å²) in [6.45, 7) is 9.40. The second-order valence-electron chi connectivity index (χ2n) is 16.3. The number of aromatic nitrogens is 1. The number of aryl methyl sites for hydroxylation is 1. The van der Waals surface area contributed by atoms with Gasteiger partial charge in [-0.1, -0.05) is 63.2 Å². The van der Waals surface area contributed by atoms with Crippen molar-refractivity contribution >= 4 is 44.7 Å². The summed E-state index contributed by atoms with van der Waals surface area (Å²) < 4.78 is 40.0. The van der Waals surface area contributed by atoms with Gasteiger partial charge in [0.1, 0.15) is 29.5 Å². The minimum absolute atomic E-state index is 0.00938. The predicted octanol–water partition coefficient (Wildman–Crippen LogP) is 4.79. The van der Waals surface area contributed by atoms with Crippen molar-refractivity contribution in [1.82, 2.24) is 25.2 Å². The number of pyridine rings is 1. The van der Waals surface area contributed by atoms with Crippen LogP contribution in [-0.4, -0.2) is 84.2 Å². The van der Waals surface area contributed by atoms with E-state index in [0.29, 0.717) is 30.7 Å². The Hall–Kier alpha value is -4.98. The summed E-state index contributed by atoms with van der Waals surface area (Å²) in [5, 5.41) is 5.75. The highest BCUT2D eigenvalue weighted by Gasteiger charge is 2.62. The van der Waals surface area contributed by atoms with Crippen molar-refractivity contribution in [2.45, 2.75) is 101 Å². The maximum absolute atomic E-state index is 14.6. The Labute approximate surface area is 321 Å². The number of ether oxygens (including phenoxy) is 2. The number of amides is 4. The monoisotopic (exact) mass is 771 g/mol. The van der Waals surface area contributed by atoms with E-state index in [9.17, 15) is 27.6 Å². The molecule has 4 aliphatic rings. The molecule has 3 fully saturated rings. The number of carbonyl (C=O) groups excluding carboxylic acids is 4. The lowest BCUT2D eigenvalue weighted by atomic mass is 9.85. The van der Waals surface area contributed by atoms with Gasteiger partial charge in [-0.15, -0.1) is 6.58 Å². The molecular weight excluding hydrogens is 723 g/mol. The Kier molecular flexibility index (Phi) is 10.4. The molecule has 13 nitrogen and oxygen atoms in total. The number of benzene rings is 2. The first kappa shape index (κ1) is 38.3. The second kappa shape index (κ2) is 14.9. The van der Waals surface area contributed by atoms with Gasteiger partial charge in [0.05, 0.1) is 29.6 Å². The summed E-state index contributed by atoms with van der Waals surface area (Å²) in [5.74, 6) is -1.96. The van der Waals surface area contributed by atoms with Crippen LogP contribution >= 0.6 is 0 Å². The van der Waals surface area contributed by atoms with Crippen molar-refractivity contribution in [1.29, 1.82) is 0 Å². The van der Waals surface area contributed by atoms with Gasteiger partial charge >= 0.3 is 6.09 Å². The molecule has 0 radical (unpaired) electrons. The van der Waals surface area contributed by atoms with Crippen LogP contribution in [0.1, 0.15) is 71.3 Å². The summed E-state index contributed by atoms with van der Waals surface area (Å²) in [7, 11) is -3.90. The molecule has 3 heterocycles. The largest absolute Gasteiger partial charge is 0.488 e. The van der Waals surface area contributed by atoms with Gasteiger partial charge in [-0.3, -0.25) is 19.1 Å². The lowest BCUT2D eigenvalue weighted by Gasteiger charge is -2.35. The van der Waals surface area contributed by atoms with Crippen LogP contribution in [0, 0.1) is 11.3 Å². The molecule has 1 aromatic heterocycles. The molecule has 55 heavy (non-hydrogen) atoms. The number of alkyl carbamates (subject to hydrolysis) is 1. The van der Waals surface area contributed by atoms with Gasteiger partial charge in [0.15, 0.2) is 0 Å². The predicted molar refractivity (Wildman–Crippen MR) is 206 cm³/mol. The van der Waals surface area contributed by atoms with E-state index in [-0.39, 0.29) is 26.0 Å². The molecule has 3 N–H and O–H groups in total. The lowest BCUT2D eigenvalue weighted by Crippen LogP contribution is -2.60. The van der Waals surface area contributed by atoms with Crippen LogP contribution in [0.2, 0.25) is 0 Å². The molecule has 1 saturated heterocycles. The first-order valence-corrected chi connectivity index (χ1v) is 20.6. The molecule has 0 unspecified atom stereocenters. The molecule has 7 rings (SSSR count). The van der Waals surface area contributed by atoms with E-state index in [2.05, 4.69) is 34.1 Å². The Morgan fingerprint density at radius 2 is 1.82 bits per heavy atom. The van der Waals surface area contributed by atoms with E-state index in [1.807, 2.05) is 63.2 Å². The minimum Gasteiger partial charge on any atom is -0.488 e. The average Bonchev–Trinajstić information content (AvgIpc) is 4.08. The van der Waals surface area contributed by atoms with Gasteiger partial charge < -0.3 is 25.0 Å². The molecule has 2 aliphatic heterocycles. The fraction of sp³-hybridized carbons (Fsp3) is 0.488. The quantitative estimate of drug-likeness (QED) is 0.286. The van der Waals surface area contributed by atoms with Crippen LogP contribution in [0.25, 0.3) is 22.2 Å². The van der Waals surface area contributed by atoms with Crippen LogP contribution in [0.4, 0.5) is 4.79 Å². The molecule has 14 heteroatoms. The smallest absolute Gasteiger partial charge is 0.407 e. The minimum atomic E-state index is -3.90. The molecule has 2 saturated carbocycles.